The summed E-state index contributed by atoms with van der Waals surface area (Å²) in [7, 11) is 2.38. The van der Waals surface area contributed by atoms with Gasteiger partial charge in [0.2, 0.25) is 0 Å². The van der Waals surface area contributed by atoms with Gasteiger partial charge in [-0.2, -0.15) is 0 Å². The molecule has 0 N–H and O–H groups in total. The molecule has 0 spiro atoms. The molecule has 23 heavy (non-hydrogen) atoms. The average Bonchev–Trinajstić information content (AvgIpc) is 3.06. The van der Waals surface area contributed by atoms with Crippen molar-refractivity contribution in [1.29, 1.82) is 0 Å². The van der Waals surface area contributed by atoms with Gasteiger partial charge in [-0.05, 0) is 104 Å². The largest absolute Gasteiger partial charge is 0.303 e. The summed E-state index contributed by atoms with van der Waals surface area (Å²) in [5.74, 6) is 8.75. The highest BCUT2D eigenvalue weighted by Crippen LogP contribution is 2.83. The van der Waals surface area contributed by atoms with E-state index in [0.717, 1.165) is 71.8 Å². The van der Waals surface area contributed by atoms with E-state index in [4.69, 9.17) is 0 Å². The fraction of sp³-hybridized carbons (Fsp3) is 0.714. The number of hydrogen-bond acceptors (Lipinski definition) is 1. The molecule has 0 amide bonds. The van der Waals surface area contributed by atoms with E-state index in [1.165, 1.54) is 6.54 Å². The molecule has 0 heterocycles. The maximum atomic E-state index is 13.3. The van der Waals surface area contributed by atoms with Gasteiger partial charge in [-0.1, -0.05) is 12.1 Å². The normalized spacial score (nSPS) is 50.3. The van der Waals surface area contributed by atoms with E-state index in [1.54, 1.807) is 25.0 Å². The molecule has 0 aromatic heterocycles. The predicted molar refractivity (Wildman–Crippen MR) is 88.3 cm³/mol. The Balaban J connectivity index is 1.14. The zero-order chi connectivity index (χ0) is 15.3. The van der Waals surface area contributed by atoms with Gasteiger partial charge in [0.1, 0.15) is 5.82 Å². The highest BCUT2D eigenvalue weighted by Gasteiger charge is 2.80. The second-order valence-corrected chi connectivity index (χ2v) is 9.14. The van der Waals surface area contributed by atoms with Gasteiger partial charge in [0.05, 0.1) is 0 Å². The minimum Gasteiger partial charge on any atom is -0.303 e. The second kappa shape index (κ2) is 4.39. The van der Waals surface area contributed by atoms with Gasteiger partial charge in [-0.15, -0.1) is 0 Å². The highest BCUT2D eigenvalue weighted by atomic mass is 19.1. The first-order valence-electron chi connectivity index (χ1n) is 9.69. The molecule has 122 valence electrons. The quantitative estimate of drug-likeness (QED) is 0.799. The molecule has 1 aromatic rings. The fourth-order valence-electron chi connectivity index (χ4n) is 8.38. The molecule has 6 rings (SSSR count). The highest BCUT2D eigenvalue weighted by molar-refractivity contribution is 5.29. The lowest BCUT2D eigenvalue weighted by molar-refractivity contribution is -0.0201. The van der Waals surface area contributed by atoms with Crippen molar-refractivity contribution in [3.63, 3.8) is 0 Å². The minimum absolute atomic E-state index is 0.0965. The van der Waals surface area contributed by atoms with E-state index in [9.17, 15) is 4.39 Å². The summed E-state index contributed by atoms with van der Waals surface area (Å²) in [6, 6.07) is 8.03. The Morgan fingerprint density at radius 3 is 2.61 bits per heavy atom. The summed E-state index contributed by atoms with van der Waals surface area (Å²) in [6.45, 7) is 1.18. The van der Waals surface area contributed by atoms with Crippen molar-refractivity contribution in [3.05, 3.63) is 35.6 Å². The molecule has 1 aromatic carbocycles. The Morgan fingerprint density at radius 2 is 1.78 bits per heavy atom. The van der Waals surface area contributed by atoms with Crippen LogP contribution in [-0.2, 0) is 6.42 Å². The molecular formula is C21H26FN. The third kappa shape index (κ3) is 1.52. The standard InChI is InChI=1S/C21H26FN/c1-23(7-3-5-11-4-2-6-12(22)8-11)21-18-14-10-15-17-13(14)9-16(18)19(17)20(15)21/h2,4,6,8,13-21H,3,5,7,9-10H2,1H3/t13-,14-,15+,16+,17+,18-,19-,20-,21-/m0/s1. The lowest BCUT2D eigenvalue weighted by Crippen LogP contribution is -2.52. The number of nitrogens with zero attached hydrogens (tertiary/aromatic N) is 1. The number of fused-ring (bicyclic) bond motifs is 2. The zero-order valence-corrected chi connectivity index (χ0v) is 13.9. The first-order chi connectivity index (χ1) is 11.2. The van der Waals surface area contributed by atoms with Crippen LogP contribution in [0.4, 0.5) is 4.39 Å². The average molecular weight is 311 g/mol. The molecule has 9 atom stereocenters. The summed E-state index contributed by atoms with van der Waals surface area (Å²) in [4.78, 5) is 2.71. The fourth-order valence-corrected chi connectivity index (χ4v) is 8.38. The molecule has 0 aliphatic heterocycles. The van der Waals surface area contributed by atoms with E-state index >= 15 is 0 Å². The Hall–Kier alpha value is -0.890. The third-order valence-electron chi connectivity index (χ3n) is 8.66. The van der Waals surface area contributed by atoms with Crippen LogP contribution >= 0.6 is 0 Å². The molecule has 5 fully saturated rings. The number of halogens is 1. The molecule has 1 nitrogen and oxygen atoms in total. The van der Waals surface area contributed by atoms with E-state index in [-0.39, 0.29) is 5.82 Å². The van der Waals surface area contributed by atoms with E-state index in [0.29, 0.717) is 0 Å². The van der Waals surface area contributed by atoms with Crippen molar-refractivity contribution < 1.29 is 4.39 Å². The van der Waals surface area contributed by atoms with E-state index in [1.807, 2.05) is 6.07 Å². The number of hydrogen-bond donors (Lipinski definition) is 0. The first kappa shape index (κ1) is 13.4. The van der Waals surface area contributed by atoms with Crippen LogP contribution in [0.2, 0.25) is 0 Å². The van der Waals surface area contributed by atoms with Crippen LogP contribution in [0.1, 0.15) is 24.8 Å². The smallest absolute Gasteiger partial charge is 0.123 e. The molecule has 0 radical (unpaired) electrons. The number of rotatable bonds is 5. The Labute approximate surface area is 138 Å². The molecule has 0 saturated heterocycles. The topological polar surface area (TPSA) is 3.24 Å². The summed E-state index contributed by atoms with van der Waals surface area (Å²) in [5, 5.41) is 0. The van der Waals surface area contributed by atoms with Crippen molar-refractivity contribution in [1.82, 2.24) is 4.90 Å². The van der Waals surface area contributed by atoms with Gasteiger partial charge >= 0.3 is 0 Å². The summed E-state index contributed by atoms with van der Waals surface area (Å²) < 4.78 is 13.3. The molecule has 5 saturated carbocycles. The first-order valence-corrected chi connectivity index (χ1v) is 9.69. The van der Waals surface area contributed by atoms with Gasteiger partial charge < -0.3 is 4.90 Å². The second-order valence-electron chi connectivity index (χ2n) is 9.14. The SMILES string of the molecule is CN(CCCc1cccc(F)c1)[C@H]1[C@H]2[C@H]3C[C@@H]4[C@H]5[C@H]3C[C@H]2[C@@H]5[C@H]41. The minimum atomic E-state index is -0.0965. The molecule has 2 bridgehead atoms. The van der Waals surface area contributed by atoms with Crippen LogP contribution in [0.15, 0.2) is 24.3 Å². The van der Waals surface area contributed by atoms with Gasteiger partial charge in [0.15, 0.2) is 0 Å². The molecule has 5 aliphatic rings. The Morgan fingerprint density at radius 1 is 1.00 bits per heavy atom. The van der Waals surface area contributed by atoms with Gasteiger partial charge in [-0.3, -0.25) is 0 Å². The lowest BCUT2D eigenvalue weighted by atomic mass is 9.58. The van der Waals surface area contributed by atoms with Crippen molar-refractivity contribution in [2.75, 3.05) is 13.6 Å². The molecule has 5 aliphatic carbocycles. The van der Waals surface area contributed by atoms with E-state index < -0.39 is 0 Å². The maximum Gasteiger partial charge on any atom is 0.123 e. The van der Waals surface area contributed by atoms with E-state index in [2.05, 4.69) is 18.0 Å². The third-order valence-corrected chi connectivity index (χ3v) is 8.66. The van der Waals surface area contributed by atoms with Crippen LogP contribution in [0.5, 0.6) is 0 Å². The maximum absolute atomic E-state index is 13.3. The molecule has 2 heteroatoms. The molecule has 0 unspecified atom stereocenters. The molecular weight excluding hydrogens is 285 g/mol. The van der Waals surface area contributed by atoms with Crippen molar-refractivity contribution >= 4 is 0 Å². The summed E-state index contributed by atoms with van der Waals surface area (Å²) >= 11 is 0. The van der Waals surface area contributed by atoms with Crippen LogP contribution in [0.3, 0.4) is 0 Å². The zero-order valence-electron chi connectivity index (χ0n) is 13.9. The van der Waals surface area contributed by atoms with Gasteiger partial charge in [-0.25, -0.2) is 4.39 Å². The van der Waals surface area contributed by atoms with Crippen LogP contribution in [0.25, 0.3) is 0 Å². The van der Waals surface area contributed by atoms with Crippen molar-refractivity contribution in [3.8, 4) is 0 Å². The summed E-state index contributed by atoms with van der Waals surface area (Å²) in [6.07, 6.45) is 5.35. The summed E-state index contributed by atoms with van der Waals surface area (Å²) in [5.41, 5.74) is 1.15. The van der Waals surface area contributed by atoms with Crippen LogP contribution < -0.4 is 0 Å². The van der Waals surface area contributed by atoms with Crippen LogP contribution in [-0.4, -0.2) is 24.5 Å². The van der Waals surface area contributed by atoms with Gasteiger partial charge in [0.25, 0.3) is 0 Å². The Bertz CT molecular complexity index is 651. The lowest BCUT2D eigenvalue weighted by Gasteiger charge is -2.50. The van der Waals surface area contributed by atoms with Crippen LogP contribution in [0, 0.1) is 53.2 Å². The monoisotopic (exact) mass is 311 g/mol. The Kier molecular flexibility index (Phi) is 2.56. The predicted octanol–water partition coefficient (Wildman–Crippen LogP) is 3.84. The number of benzene rings is 1. The van der Waals surface area contributed by atoms with Crippen molar-refractivity contribution in [2.45, 2.75) is 31.7 Å². The van der Waals surface area contributed by atoms with Gasteiger partial charge in [0, 0.05) is 6.04 Å². The number of aryl methyl sites for hydroxylation is 1. The van der Waals surface area contributed by atoms with Crippen molar-refractivity contribution in [2.24, 2.45) is 47.3 Å².